The Hall–Kier alpha value is -2.17. The maximum atomic E-state index is 12.5. The zero-order chi connectivity index (χ0) is 18.9. The van der Waals surface area contributed by atoms with Gasteiger partial charge in [-0.2, -0.15) is 5.10 Å². The Morgan fingerprint density at radius 1 is 1.08 bits per heavy atom. The zero-order valence-electron chi connectivity index (χ0n) is 15.3. The summed E-state index contributed by atoms with van der Waals surface area (Å²) in [7, 11) is 0. The van der Waals surface area contributed by atoms with Crippen molar-refractivity contribution in [2.75, 3.05) is 0 Å². The van der Waals surface area contributed by atoms with Crippen molar-refractivity contribution in [1.82, 2.24) is 5.43 Å². The third kappa shape index (κ3) is 3.81. The van der Waals surface area contributed by atoms with E-state index in [1.807, 2.05) is 43.3 Å². The number of halogens is 1. The van der Waals surface area contributed by atoms with Crippen LogP contribution in [0.3, 0.4) is 0 Å². The Balaban J connectivity index is 1.77. The van der Waals surface area contributed by atoms with Crippen LogP contribution in [0, 0.1) is 0 Å². The minimum atomic E-state index is -0.290. The predicted octanol–water partition coefficient (Wildman–Crippen LogP) is 6.01. The predicted molar refractivity (Wildman–Crippen MR) is 112 cm³/mol. The van der Waals surface area contributed by atoms with Crippen LogP contribution in [0.15, 0.2) is 53.6 Å². The van der Waals surface area contributed by atoms with E-state index in [0.717, 1.165) is 21.4 Å². The molecule has 1 aromatic heterocycles. The van der Waals surface area contributed by atoms with Gasteiger partial charge >= 0.3 is 0 Å². The lowest BCUT2D eigenvalue weighted by Crippen LogP contribution is -2.18. The van der Waals surface area contributed by atoms with Crippen molar-refractivity contribution in [2.24, 2.45) is 5.10 Å². The fourth-order valence-electron chi connectivity index (χ4n) is 2.62. The van der Waals surface area contributed by atoms with E-state index in [-0.39, 0.29) is 11.3 Å². The van der Waals surface area contributed by atoms with Crippen LogP contribution in [0.25, 0.3) is 10.1 Å². The molecule has 1 heterocycles. The van der Waals surface area contributed by atoms with Crippen LogP contribution in [-0.2, 0) is 5.41 Å². The molecule has 0 spiro atoms. The van der Waals surface area contributed by atoms with E-state index in [1.165, 1.54) is 16.9 Å². The number of hydrogen-bond acceptors (Lipinski definition) is 3. The summed E-state index contributed by atoms with van der Waals surface area (Å²) in [4.78, 5) is 12.9. The molecule has 2 aromatic carbocycles. The summed E-state index contributed by atoms with van der Waals surface area (Å²) in [5.41, 5.74) is 5.70. The average Bonchev–Trinajstić information content (AvgIpc) is 2.96. The van der Waals surface area contributed by atoms with Crippen molar-refractivity contribution in [3.8, 4) is 0 Å². The highest BCUT2D eigenvalue weighted by molar-refractivity contribution is 7.21. The van der Waals surface area contributed by atoms with E-state index in [0.29, 0.717) is 9.90 Å². The van der Waals surface area contributed by atoms with Gasteiger partial charge in [-0.05, 0) is 29.5 Å². The number of hydrogen-bond donors (Lipinski definition) is 1. The molecule has 0 unspecified atom stereocenters. The van der Waals surface area contributed by atoms with Crippen molar-refractivity contribution in [3.63, 3.8) is 0 Å². The lowest BCUT2D eigenvalue weighted by Gasteiger charge is -2.19. The second-order valence-electron chi connectivity index (χ2n) is 7.21. The molecule has 5 heteroatoms. The van der Waals surface area contributed by atoms with E-state index < -0.39 is 0 Å². The number of fused-ring (bicyclic) bond motifs is 1. The monoisotopic (exact) mass is 384 g/mol. The first-order chi connectivity index (χ1) is 12.3. The first-order valence-corrected chi connectivity index (χ1v) is 9.59. The van der Waals surface area contributed by atoms with Gasteiger partial charge in [0, 0.05) is 10.1 Å². The van der Waals surface area contributed by atoms with Crippen LogP contribution in [0.2, 0.25) is 5.02 Å². The normalized spacial score (nSPS) is 12.4. The summed E-state index contributed by atoms with van der Waals surface area (Å²) < 4.78 is 0.987. The van der Waals surface area contributed by atoms with E-state index in [2.05, 4.69) is 43.4 Å². The molecule has 1 amide bonds. The molecule has 3 aromatic rings. The molecule has 0 aliphatic heterocycles. The van der Waals surface area contributed by atoms with Crippen LogP contribution in [0.1, 0.15) is 48.5 Å². The fraction of sp³-hybridized carbons (Fsp3) is 0.238. The van der Waals surface area contributed by atoms with Gasteiger partial charge in [0.2, 0.25) is 0 Å². The number of nitrogens with one attached hydrogen (secondary N) is 1. The Morgan fingerprint density at radius 2 is 1.73 bits per heavy atom. The first-order valence-electron chi connectivity index (χ1n) is 8.40. The number of hydrazone groups is 1. The first kappa shape index (κ1) is 18.6. The number of carbonyl (C=O) groups is 1. The zero-order valence-corrected chi connectivity index (χ0v) is 16.8. The van der Waals surface area contributed by atoms with Crippen LogP contribution in [0.5, 0.6) is 0 Å². The lowest BCUT2D eigenvalue weighted by molar-refractivity contribution is 0.0959. The Kier molecular flexibility index (Phi) is 5.17. The molecule has 0 saturated heterocycles. The molecular weight excluding hydrogens is 364 g/mol. The van der Waals surface area contributed by atoms with Gasteiger partial charge < -0.3 is 0 Å². The summed E-state index contributed by atoms with van der Waals surface area (Å²) in [5.74, 6) is -0.290. The van der Waals surface area contributed by atoms with Crippen molar-refractivity contribution < 1.29 is 4.79 Å². The maximum Gasteiger partial charge on any atom is 0.283 e. The van der Waals surface area contributed by atoms with Gasteiger partial charge in [0.15, 0.2) is 0 Å². The number of carbonyl (C=O) groups excluding carboxylic acids is 1. The van der Waals surface area contributed by atoms with Gasteiger partial charge in [-0.3, -0.25) is 4.79 Å². The number of thiophene rings is 1. The van der Waals surface area contributed by atoms with Gasteiger partial charge in [-0.15, -0.1) is 11.3 Å². The molecule has 0 saturated carbocycles. The third-order valence-electron chi connectivity index (χ3n) is 4.23. The fourth-order valence-corrected chi connectivity index (χ4v) is 4.03. The van der Waals surface area contributed by atoms with Gasteiger partial charge in [-0.1, -0.05) is 74.8 Å². The second-order valence-corrected chi connectivity index (χ2v) is 8.64. The topological polar surface area (TPSA) is 41.5 Å². The maximum absolute atomic E-state index is 12.5. The third-order valence-corrected chi connectivity index (χ3v) is 5.91. The van der Waals surface area contributed by atoms with Gasteiger partial charge in [-0.25, -0.2) is 5.43 Å². The number of nitrogens with zero attached hydrogens (tertiary/aromatic N) is 1. The minimum Gasteiger partial charge on any atom is -0.266 e. The number of rotatable bonds is 3. The van der Waals surface area contributed by atoms with Crippen LogP contribution >= 0.6 is 22.9 Å². The quantitative estimate of drug-likeness (QED) is 0.436. The molecule has 0 fully saturated rings. The molecule has 0 aliphatic carbocycles. The molecular formula is C21H21ClN2OS. The molecule has 1 N–H and O–H groups in total. The molecule has 0 bridgehead atoms. The highest BCUT2D eigenvalue weighted by atomic mass is 35.5. The van der Waals surface area contributed by atoms with E-state index in [4.69, 9.17) is 11.6 Å². The van der Waals surface area contributed by atoms with Crippen LogP contribution in [-0.4, -0.2) is 11.6 Å². The average molecular weight is 385 g/mol. The highest BCUT2D eigenvalue weighted by Gasteiger charge is 2.17. The van der Waals surface area contributed by atoms with Gasteiger partial charge in [0.1, 0.15) is 4.88 Å². The summed E-state index contributed by atoms with van der Waals surface area (Å²) in [6.45, 7) is 8.41. The van der Waals surface area contributed by atoms with Gasteiger partial charge in [0.25, 0.3) is 5.91 Å². The molecule has 0 radical (unpaired) electrons. The van der Waals surface area contributed by atoms with Crippen molar-refractivity contribution >= 4 is 44.6 Å². The second kappa shape index (κ2) is 7.22. The summed E-state index contributed by atoms with van der Waals surface area (Å²) in [6.07, 6.45) is 0. The Morgan fingerprint density at radius 3 is 2.35 bits per heavy atom. The molecule has 26 heavy (non-hydrogen) atoms. The van der Waals surface area contributed by atoms with Crippen molar-refractivity contribution in [2.45, 2.75) is 33.1 Å². The smallest absolute Gasteiger partial charge is 0.266 e. The number of benzene rings is 2. The van der Waals surface area contributed by atoms with Gasteiger partial charge in [0.05, 0.1) is 10.7 Å². The molecule has 0 atom stereocenters. The highest BCUT2D eigenvalue weighted by Crippen LogP contribution is 2.35. The number of amides is 1. The Labute approximate surface area is 162 Å². The van der Waals surface area contributed by atoms with Crippen LogP contribution in [0.4, 0.5) is 0 Å². The summed E-state index contributed by atoms with van der Waals surface area (Å²) in [6, 6.07) is 15.9. The van der Waals surface area contributed by atoms with Crippen molar-refractivity contribution in [3.05, 3.63) is 69.6 Å². The Bertz CT molecular complexity index is 981. The van der Waals surface area contributed by atoms with E-state index >= 15 is 0 Å². The molecule has 3 nitrogen and oxygen atoms in total. The van der Waals surface area contributed by atoms with E-state index in [9.17, 15) is 4.79 Å². The minimum absolute atomic E-state index is 0.107. The molecule has 3 rings (SSSR count). The van der Waals surface area contributed by atoms with E-state index in [1.54, 1.807) is 0 Å². The molecule has 0 aliphatic rings. The van der Waals surface area contributed by atoms with Crippen LogP contribution < -0.4 is 5.43 Å². The largest absolute Gasteiger partial charge is 0.283 e. The summed E-state index contributed by atoms with van der Waals surface area (Å²) in [5, 5.41) is 5.61. The summed E-state index contributed by atoms with van der Waals surface area (Å²) >= 11 is 7.72. The van der Waals surface area contributed by atoms with Crippen molar-refractivity contribution in [1.29, 1.82) is 0 Å². The molecule has 134 valence electrons. The lowest BCUT2D eigenvalue weighted by atomic mass is 9.86. The standard InChI is InChI=1S/C21H21ClN2OS/c1-13(14-9-11-15(12-10-14)21(2,3)4)23-24-20(25)19-18(22)16-7-5-6-8-17(16)26-19/h5-12H,1-4H3,(H,24,25). The SMILES string of the molecule is CC(=NNC(=O)c1sc2ccccc2c1Cl)c1ccc(C(C)(C)C)cc1.